The van der Waals surface area contributed by atoms with Gasteiger partial charge in [-0.05, 0) is 45.0 Å². The minimum atomic E-state index is -0.537. The van der Waals surface area contributed by atoms with Crippen molar-refractivity contribution in [3.8, 4) is 0 Å². The number of hydrogen-bond donors (Lipinski definition) is 1. The Labute approximate surface area is 101 Å². The molecule has 0 fully saturated rings. The van der Waals surface area contributed by atoms with Crippen molar-refractivity contribution in [1.29, 1.82) is 0 Å². The van der Waals surface area contributed by atoms with E-state index in [2.05, 4.69) is 0 Å². The zero-order chi connectivity index (χ0) is 13.1. The lowest BCUT2D eigenvalue weighted by atomic mass is 10.0. The van der Waals surface area contributed by atoms with Gasteiger partial charge < -0.3 is 10.6 Å². The fraction of sp³-hybridized carbons (Fsp3) is 0.462. The fourth-order valence-corrected chi connectivity index (χ4v) is 1.61. The van der Waals surface area contributed by atoms with Crippen molar-refractivity contribution in [2.45, 2.75) is 32.7 Å². The van der Waals surface area contributed by atoms with Crippen LogP contribution in [0.5, 0.6) is 0 Å². The van der Waals surface area contributed by atoms with Gasteiger partial charge in [0.15, 0.2) is 0 Å². The van der Waals surface area contributed by atoms with E-state index in [1.165, 1.54) is 12.1 Å². The Hall–Kier alpha value is -1.42. The second-order valence-corrected chi connectivity index (χ2v) is 4.78. The molecule has 1 aromatic rings. The molecule has 2 N–H and O–H groups in total. The van der Waals surface area contributed by atoms with E-state index in [0.717, 1.165) is 0 Å². The Morgan fingerprint density at radius 3 is 2.29 bits per heavy atom. The number of carbonyl (C=O) groups is 1. The number of nitrogens with zero attached hydrogens (tertiary/aromatic N) is 1. The predicted molar refractivity (Wildman–Crippen MR) is 67.3 cm³/mol. The van der Waals surface area contributed by atoms with Gasteiger partial charge in [0.1, 0.15) is 5.82 Å². The van der Waals surface area contributed by atoms with Crippen molar-refractivity contribution in [2.75, 3.05) is 11.4 Å². The van der Waals surface area contributed by atoms with E-state index in [-0.39, 0.29) is 18.1 Å². The van der Waals surface area contributed by atoms with Crippen LogP contribution in [0.1, 0.15) is 27.2 Å². The van der Waals surface area contributed by atoms with E-state index in [4.69, 9.17) is 5.73 Å². The lowest BCUT2D eigenvalue weighted by molar-refractivity contribution is -0.119. The Morgan fingerprint density at radius 2 is 1.88 bits per heavy atom. The fourth-order valence-electron chi connectivity index (χ4n) is 1.61. The number of amides is 1. The van der Waals surface area contributed by atoms with Crippen LogP contribution in [0.15, 0.2) is 24.3 Å². The van der Waals surface area contributed by atoms with Gasteiger partial charge in [0.25, 0.3) is 0 Å². The van der Waals surface area contributed by atoms with Gasteiger partial charge in [-0.15, -0.1) is 0 Å². The monoisotopic (exact) mass is 238 g/mol. The predicted octanol–water partition coefficient (Wildman–Crippen LogP) is 2.31. The summed E-state index contributed by atoms with van der Waals surface area (Å²) in [7, 11) is 0. The van der Waals surface area contributed by atoms with Crippen LogP contribution in [0.3, 0.4) is 0 Å². The van der Waals surface area contributed by atoms with E-state index >= 15 is 0 Å². The quantitative estimate of drug-likeness (QED) is 0.875. The van der Waals surface area contributed by atoms with Gasteiger partial charge in [-0.2, -0.15) is 0 Å². The molecule has 1 rings (SSSR count). The van der Waals surface area contributed by atoms with Crippen LogP contribution in [-0.2, 0) is 4.79 Å². The first kappa shape index (κ1) is 13.6. The molecular weight excluding hydrogens is 219 g/mol. The SMILES string of the molecule is CCN(C(=O)CC(C)(C)N)c1ccc(F)cc1. The highest BCUT2D eigenvalue weighted by atomic mass is 19.1. The van der Waals surface area contributed by atoms with Crippen molar-refractivity contribution < 1.29 is 9.18 Å². The molecule has 0 aliphatic carbocycles. The van der Waals surface area contributed by atoms with E-state index in [1.807, 2.05) is 20.8 Å². The highest BCUT2D eigenvalue weighted by Crippen LogP contribution is 2.17. The molecule has 0 aliphatic heterocycles. The summed E-state index contributed by atoms with van der Waals surface area (Å²) in [6, 6.07) is 5.89. The Kier molecular flexibility index (Phi) is 4.23. The summed E-state index contributed by atoms with van der Waals surface area (Å²) >= 11 is 0. The maximum Gasteiger partial charge on any atom is 0.228 e. The molecule has 17 heavy (non-hydrogen) atoms. The molecule has 94 valence electrons. The molecule has 0 aliphatic rings. The summed E-state index contributed by atoms with van der Waals surface area (Å²) in [5.41, 5.74) is 5.98. The van der Waals surface area contributed by atoms with Crippen molar-refractivity contribution in [3.05, 3.63) is 30.1 Å². The van der Waals surface area contributed by atoms with Gasteiger partial charge in [0, 0.05) is 24.2 Å². The third-order valence-electron chi connectivity index (χ3n) is 2.36. The van der Waals surface area contributed by atoms with E-state index in [9.17, 15) is 9.18 Å². The first-order chi connectivity index (χ1) is 7.83. The maximum absolute atomic E-state index is 12.8. The van der Waals surface area contributed by atoms with Gasteiger partial charge in [0.05, 0.1) is 0 Å². The number of benzene rings is 1. The second-order valence-electron chi connectivity index (χ2n) is 4.78. The van der Waals surface area contributed by atoms with E-state index in [1.54, 1.807) is 17.0 Å². The van der Waals surface area contributed by atoms with E-state index in [0.29, 0.717) is 12.2 Å². The molecule has 0 bridgehead atoms. The summed E-state index contributed by atoms with van der Waals surface area (Å²) in [4.78, 5) is 13.6. The molecule has 0 saturated heterocycles. The largest absolute Gasteiger partial charge is 0.325 e. The van der Waals surface area contributed by atoms with Crippen molar-refractivity contribution in [1.82, 2.24) is 0 Å². The van der Waals surface area contributed by atoms with E-state index < -0.39 is 5.54 Å². The molecule has 0 unspecified atom stereocenters. The topological polar surface area (TPSA) is 46.3 Å². The summed E-state index contributed by atoms with van der Waals surface area (Å²) in [6.45, 7) is 6.04. The highest BCUT2D eigenvalue weighted by Gasteiger charge is 2.21. The standard InChI is InChI=1S/C13H19FN2O/c1-4-16(12(17)9-13(2,3)15)11-7-5-10(14)6-8-11/h5-8H,4,9,15H2,1-3H3. The summed E-state index contributed by atoms with van der Waals surface area (Å²) in [6.07, 6.45) is 0.262. The number of halogens is 1. The first-order valence-corrected chi connectivity index (χ1v) is 5.68. The number of carbonyl (C=O) groups excluding carboxylic acids is 1. The van der Waals surface area contributed by atoms with Crippen LogP contribution < -0.4 is 10.6 Å². The maximum atomic E-state index is 12.8. The molecule has 0 aromatic heterocycles. The number of nitrogens with two attached hydrogens (primary N) is 1. The third kappa shape index (κ3) is 4.15. The number of anilines is 1. The van der Waals surface area contributed by atoms with Gasteiger partial charge in [-0.3, -0.25) is 4.79 Å². The zero-order valence-electron chi connectivity index (χ0n) is 10.5. The molecule has 0 saturated carbocycles. The second kappa shape index (κ2) is 5.27. The normalized spacial score (nSPS) is 11.4. The summed E-state index contributed by atoms with van der Waals surface area (Å²) < 4.78 is 12.8. The van der Waals surface area contributed by atoms with Crippen LogP contribution in [-0.4, -0.2) is 18.0 Å². The summed E-state index contributed by atoms with van der Waals surface area (Å²) in [5.74, 6) is -0.358. The average molecular weight is 238 g/mol. The Balaban J connectivity index is 2.84. The van der Waals surface area contributed by atoms with Crippen LogP contribution in [0.4, 0.5) is 10.1 Å². The molecule has 3 nitrogen and oxygen atoms in total. The highest BCUT2D eigenvalue weighted by molar-refractivity contribution is 5.93. The van der Waals surface area contributed by atoms with Gasteiger partial charge >= 0.3 is 0 Å². The van der Waals surface area contributed by atoms with Crippen molar-refractivity contribution in [3.63, 3.8) is 0 Å². The van der Waals surface area contributed by atoms with Crippen LogP contribution in [0.2, 0.25) is 0 Å². The molecule has 0 spiro atoms. The first-order valence-electron chi connectivity index (χ1n) is 5.68. The smallest absolute Gasteiger partial charge is 0.228 e. The molecule has 1 amide bonds. The van der Waals surface area contributed by atoms with Crippen molar-refractivity contribution >= 4 is 11.6 Å². The van der Waals surface area contributed by atoms with Crippen molar-refractivity contribution in [2.24, 2.45) is 5.73 Å². The van der Waals surface area contributed by atoms with Crippen LogP contribution >= 0.6 is 0 Å². The van der Waals surface area contributed by atoms with Gasteiger partial charge in [-0.1, -0.05) is 0 Å². The molecule has 0 heterocycles. The molecule has 4 heteroatoms. The number of rotatable bonds is 4. The Morgan fingerprint density at radius 1 is 1.35 bits per heavy atom. The summed E-state index contributed by atoms with van der Waals surface area (Å²) in [5, 5.41) is 0. The minimum absolute atomic E-state index is 0.0494. The molecule has 1 aromatic carbocycles. The molecular formula is C13H19FN2O. The van der Waals surface area contributed by atoms with Crippen LogP contribution in [0, 0.1) is 5.82 Å². The van der Waals surface area contributed by atoms with Gasteiger partial charge in [-0.25, -0.2) is 4.39 Å². The molecule has 0 atom stereocenters. The minimum Gasteiger partial charge on any atom is -0.325 e. The van der Waals surface area contributed by atoms with Crippen LogP contribution in [0.25, 0.3) is 0 Å². The lowest BCUT2D eigenvalue weighted by Gasteiger charge is -2.25. The average Bonchev–Trinajstić information content (AvgIpc) is 2.19. The molecule has 0 radical (unpaired) electrons. The Bertz CT molecular complexity index is 381. The zero-order valence-corrected chi connectivity index (χ0v) is 10.5. The van der Waals surface area contributed by atoms with Gasteiger partial charge in [0.2, 0.25) is 5.91 Å². The number of hydrogen-bond acceptors (Lipinski definition) is 2. The lowest BCUT2D eigenvalue weighted by Crippen LogP contribution is -2.41. The third-order valence-corrected chi connectivity index (χ3v) is 2.36.